The Kier molecular flexibility index (Phi) is 4.48. The van der Waals surface area contributed by atoms with Gasteiger partial charge in [-0.05, 0) is 44.2 Å². The molecule has 0 aliphatic carbocycles. The average Bonchev–Trinajstić information content (AvgIpc) is 2.80. The van der Waals surface area contributed by atoms with Crippen molar-refractivity contribution in [2.45, 2.75) is 53.1 Å². The predicted octanol–water partition coefficient (Wildman–Crippen LogP) is 2.82. The summed E-state index contributed by atoms with van der Waals surface area (Å²) in [4.78, 5) is 0. The number of hydrogen-bond acceptors (Lipinski definition) is 1. The predicted molar refractivity (Wildman–Crippen MR) is 90.9 cm³/mol. The first-order chi connectivity index (χ1) is 9.56. The van der Waals surface area contributed by atoms with Crippen molar-refractivity contribution in [3.05, 3.63) is 46.3 Å². The van der Waals surface area contributed by atoms with Crippen molar-refractivity contribution < 1.29 is 4.58 Å². The zero-order valence-electron chi connectivity index (χ0n) is 13.5. The van der Waals surface area contributed by atoms with E-state index in [4.69, 9.17) is 5.73 Å². The third-order valence-electron chi connectivity index (χ3n) is 4.65. The number of nitrogens with zero attached hydrogens (tertiary/aromatic N) is 1. The Labute approximate surface area is 125 Å². The molecule has 2 rings (SSSR count). The summed E-state index contributed by atoms with van der Waals surface area (Å²) in [6.07, 6.45) is 8.66. The molecule has 0 amide bonds. The van der Waals surface area contributed by atoms with Gasteiger partial charge in [-0.25, -0.2) is 0 Å². The molecule has 0 aromatic rings. The summed E-state index contributed by atoms with van der Waals surface area (Å²) in [5.74, 6) is 0. The van der Waals surface area contributed by atoms with Crippen molar-refractivity contribution >= 4 is 14.9 Å². The van der Waals surface area contributed by atoms with Gasteiger partial charge < -0.3 is 5.73 Å². The highest BCUT2D eigenvalue weighted by molar-refractivity contribution is 6.76. The van der Waals surface area contributed by atoms with Crippen molar-refractivity contribution in [1.29, 1.82) is 0 Å². The first-order valence-corrected chi connectivity index (χ1v) is 9.81. The summed E-state index contributed by atoms with van der Waals surface area (Å²) in [5, 5.41) is 1.63. The molecule has 0 saturated heterocycles. The van der Waals surface area contributed by atoms with E-state index in [2.05, 4.69) is 51.0 Å². The van der Waals surface area contributed by atoms with Crippen molar-refractivity contribution in [3.63, 3.8) is 0 Å². The van der Waals surface area contributed by atoms with Gasteiger partial charge >= 0.3 is 0 Å². The third kappa shape index (κ3) is 2.24. The molecule has 2 aliphatic heterocycles. The van der Waals surface area contributed by atoms with E-state index < -0.39 is 0 Å². The van der Waals surface area contributed by atoms with Crippen molar-refractivity contribution in [2.24, 2.45) is 5.73 Å². The molecule has 2 aliphatic rings. The maximum absolute atomic E-state index is 5.68. The van der Waals surface area contributed by atoms with Gasteiger partial charge in [0.2, 0.25) is 6.04 Å². The van der Waals surface area contributed by atoms with E-state index in [0.29, 0.717) is 6.04 Å². The molecule has 0 saturated carbocycles. The van der Waals surface area contributed by atoms with E-state index in [0.717, 1.165) is 0 Å². The molecule has 0 aromatic carbocycles. The van der Waals surface area contributed by atoms with Crippen LogP contribution >= 0.6 is 0 Å². The van der Waals surface area contributed by atoms with Crippen LogP contribution in [0.4, 0.5) is 0 Å². The minimum atomic E-state index is -0.189. The second kappa shape index (κ2) is 5.96. The standard InChI is InChI=1S/C17H27N2Si/c1-6-7-14-10-16-15(8-9-18)12(3)11(2)13(4)19(16)17(14)20-5/h8-10,16H,6-7,18,20H2,1-5H3/q+1/b9-8-. The maximum atomic E-state index is 5.68. The first-order valence-electron chi connectivity index (χ1n) is 7.69. The fourth-order valence-electron chi connectivity index (χ4n) is 3.44. The van der Waals surface area contributed by atoms with Crippen LogP contribution in [0.2, 0.25) is 6.55 Å². The van der Waals surface area contributed by atoms with Gasteiger partial charge in [-0.15, -0.1) is 0 Å². The Bertz CT molecular complexity index is 574. The van der Waals surface area contributed by atoms with Crippen LogP contribution in [0.15, 0.2) is 46.3 Å². The molecule has 2 nitrogen and oxygen atoms in total. The molecule has 1 unspecified atom stereocenters. The number of allylic oxidation sites excluding steroid dienone is 4. The average molecular weight is 288 g/mol. The minimum Gasteiger partial charge on any atom is -0.405 e. The van der Waals surface area contributed by atoms with Crippen LogP contribution in [0, 0.1) is 0 Å². The molecular weight excluding hydrogens is 260 g/mol. The third-order valence-corrected chi connectivity index (χ3v) is 6.11. The summed E-state index contributed by atoms with van der Waals surface area (Å²) < 4.78 is 2.58. The minimum absolute atomic E-state index is 0.189. The van der Waals surface area contributed by atoms with E-state index in [1.807, 2.05) is 0 Å². The van der Waals surface area contributed by atoms with Crippen LogP contribution in [0.3, 0.4) is 0 Å². The van der Waals surface area contributed by atoms with Gasteiger partial charge in [-0.3, -0.25) is 0 Å². The summed E-state index contributed by atoms with van der Waals surface area (Å²) in [6.45, 7) is 11.4. The fourth-order valence-corrected chi connectivity index (χ4v) is 4.96. The van der Waals surface area contributed by atoms with E-state index >= 15 is 0 Å². The highest BCUT2D eigenvalue weighted by Crippen LogP contribution is 2.35. The number of fused-ring (bicyclic) bond motifs is 1. The normalized spacial score (nSPS) is 23.6. The van der Waals surface area contributed by atoms with Gasteiger partial charge in [0.05, 0.1) is 0 Å². The first kappa shape index (κ1) is 15.0. The molecular formula is C17H27N2Si+. The van der Waals surface area contributed by atoms with Crippen LogP contribution in [0.5, 0.6) is 0 Å². The molecule has 0 aromatic heterocycles. The lowest BCUT2D eigenvalue weighted by molar-refractivity contribution is -0.491. The van der Waals surface area contributed by atoms with Crippen LogP contribution in [0.25, 0.3) is 0 Å². The molecule has 2 N–H and O–H groups in total. The van der Waals surface area contributed by atoms with E-state index in [1.54, 1.807) is 17.1 Å². The Morgan fingerprint density at radius 2 is 2.00 bits per heavy atom. The quantitative estimate of drug-likeness (QED) is 0.625. The molecule has 0 radical (unpaired) electrons. The lowest BCUT2D eigenvalue weighted by Gasteiger charge is -2.22. The lowest BCUT2D eigenvalue weighted by Crippen LogP contribution is -2.32. The van der Waals surface area contributed by atoms with Crippen LogP contribution in [-0.4, -0.2) is 25.5 Å². The van der Waals surface area contributed by atoms with Gasteiger partial charge in [-0.1, -0.05) is 19.9 Å². The summed E-state index contributed by atoms with van der Waals surface area (Å²) in [6, 6.07) is 0.377. The van der Waals surface area contributed by atoms with Crippen molar-refractivity contribution in [3.8, 4) is 0 Å². The van der Waals surface area contributed by atoms with Crippen molar-refractivity contribution in [1.82, 2.24) is 0 Å². The zero-order chi connectivity index (χ0) is 14.9. The molecule has 20 heavy (non-hydrogen) atoms. The monoisotopic (exact) mass is 287 g/mol. The maximum Gasteiger partial charge on any atom is 0.203 e. The number of rotatable bonds is 4. The summed E-state index contributed by atoms with van der Waals surface area (Å²) >= 11 is 0. The molecule has 3 heteroatoms. The second-order valence-corrected chi connectivity index (χ2v) is 7.08. The Morgan fingerprint density at radius 3 is 2.55 bits per heavy atom. The topological polar surface area (TPSA) is 29.0 Å². The molecule has 0 bridgehead atoms. The van der Waals surface area contributed by atoms with E-state index in [1.165, 1.54) is 35.3 Å². The Morgan fingerprint density at radius 1 is 1.30 bits per heavy atom. The summed E-state index contributed by atoms with van der Waals surface area (Å²) in [5.41, 5.74) is 12.8. The number of hydrogen-bond donors (Lipinski definition) is 1. The molecule has 108 valence electrons. The van der Waals surface area contributed by atoms with Crippen LogP contribution < -0.4 is 5.73 Å². The fraction of sp³-hybridized carbons (Fsp3) is 0.471. The van der Waals surface area contributed by atoms with E-state index in [9.17, 15) is 0 Å². The van der Waals surface area contributed by atoms with Gasteiger partial charge in [0, 0.05) is 23.6 Å². The highest BCUT2D eigenvalue weighted by atomic mass is 28.2. The highest BCUT2D eigenvalue weighted by Gasteiger charge is 2.39. The van der Waals surface area contributed by atoms with Gasteiger partial charge in [0.25, 0.3) is 0 Å². The van der Waals surface area contributed by atoms with Gasteiger partial charge in [0.1, 0.15) is 14.9 Å². The van der Waals surface area contributed by atoms with Crippen LogP contribution in [0.1, 0.15) is 40.5 Å². The van der Waals surface area contributed by atoms with Crippen LogP contribution in [-0.2, 0) is 0 Å². The second-order valence-electron chi connectivity index (χ2n) is 5.71. The Balaban J connectivity index is 2.65. The zero-order valence-corrected chi connectivity index (χ0v) is 14.9. The number of nitrogens with two attached hydrogens (primary N) is 1. The lowest BCUT2D eigenvalue weighted by atomic mass is 9.91. The van der Waals surface area contributed by atoms with Gasteiger partial charge in [-0.2, -0.15) is 4.58 Å². The van der Waals surface area contributed by atoms with Gasteiger partial charge in [0.15, 0.2) is 5.70 Å². The molecule has 0 fully saturated rings. The smallest absolute Gasteiger partial charge is 0.203 e. The molecule has 1 atom stereocenters. The molecule has 0 spiro atoms. The summed E-state index contributed by atoms with van der Waals surface area (Å²) in [7, 11) is -0.189. The SMILES string of the molecule is CCCC1=CC2C(/C=C\N)=C(C)C(C)=C(C)[N+]2=C1[SiH2]C. The van der Waals surface area contributed by atoms with Crippen molar-refractivity contribution in [2.75, 3.05) is 0 Å². The van der Waals surface area contributed by atoms with E-state index in [-0.39, 0.29) is 9.52 Å². The Hall–Kier alpha value is -1.35. The molecule has 2 heterocycles. The largest absolute Gasteiger partial charge is 0.405 e.